The van der Waals surface area contributed by atoms with Gasteiger partial charge in [-0.05, 0) is 38.5 Å². The third-order valence-corrected chi connectivity index (χ3v) is 6.18. The zero-order chi connectivity index (χ0) is 15.5. The number of ether oxygens (including phenoxy) is 1. The number of aryl methyl sites for hydroxylation is 2. The van der Waals surface area contributed by atoms with Crippen molar-refractivity contribution in [3.8, 4) is 0 Å². The summed E-state index contributed by atoms with van der Waals surface area (Å²) in [6.07, 6.45) is 5.14. The number of methoxy groups -OCH3 is 1. The Labute approximate surface area is 133 Å². The van der Waals surface area contributed by atoms with E-state index >= 15 is 0 Å². The molecular weight excluding hydrogens is 280 g/mol. The Kier molecular flexibility index (Phi) is 5.81. The maximum absolute atomic E-state index is 5.26. The summed E-state index contributed by atoms with van der Waals surface area (Å²) in [5.41, 5.74) is 1.24. The minimum absolute atomic E-state index is 0.0502. The summed E-state index contributed by atoms with van der Waals surface area (Å²) in [5.74, 6) is 1.33. The summed E-state index contributed by atoms with van der Waals surface area (Å²) >= 11 is 1.88. The molecule has 0 aromatic carbocycles. The Morgan fingerprint density at radius 3 is 2.71 bits per heavy atom. The molecule has 21 heavy (non-hydrogen) atoms. The summed E-state index contributed by atoms with van der Waals surface area (Å²) in [6.45, 7) is 10.7. The molecule has 0 saturated heterocycles. The third kappa shape index (κ3) is 3.49. The van der Waals surface area contributed by atoms with Gasteiger partial charge >= 0.3 is 0 Å². The molecule has 1 aromatic rings. The molecule has 120 valence electrons. The monoisotopic (exact) mass is 310 g/mol. The molecule has 1 aliphatic carbocycles. The zero-order valence-electron chi connectivity index (χ0n) is 14.2. The van der Waals surface area contributed by atoms with E-state index in [0.29, 0.717) is 11.8 Å². The van der Waals surface area contributed by atoms with Crippen molar-refractivity contribution in [2.24, 2.45) is 11.8 Å². The molecule has 2 atom stereocenters. The van der Waals surface area contributed by atoms with Crippen molar-refractivity contribution in [1.29, 1.82) is 0 Å². The first-order valence-corrected chi connectivity index (χ1v) is 9.01. The van der Waals surface area contributed by atoms with Crippen LogP contribution in [0.5, 0.6) is 0 Å². The van der Waals surface area contributed by atoms with Crippen LogP contribution in [0.3, 0.4) is 0 Å². The topological polar surface area (TPSA) is 34.1 Å². The van der Waals surface area contributed by atoms with Gasteiger partial charge in [0.1, 0.15) is 5.01 Å². The average Bonchev–Trinajstić information content (AvgIpc) is 2.79. The van der Waals surface area contributed by atoms with Crippen LogP contribution in [-0.4, -0.2) is 25.2 Å². The normalized spacial score (nSPS) is 26.5. The number of nitrogens with zero attached hydrogens (tertiary/aromatic N) is 1. The van der Waals surface area contributed by atoms with Gasteiger partial charge in [-0.15, -0.1) is 11.3 Å². The standard InChI is InChI=1S/C17H30N2OS/c1-12(2)15-8-6-7-9-17(15,18-10-11-20-5)16-19-13(3)14(4)21-16/h12,15,18H,6-11H2,1-5H3. The lowest BCUT2D eigenvalue weighted by Gasteiger charge is -2.46. The van der Waals surface area contributed by atoms with Crippen molar-refractivity contribution in [2.75, 3.05) is 20.3 Å². The fourth-order valence-electron chi connectivity index (χ4n) is 3.70. The molecule has 1 aromatic heterocycles. The Bertz CT molecular complexity index is 438. The van der Waals surface area contributed by atoms with Crippen LogP contribution >= 0.6 is 11.3 Å². The molecule has 3 nitrogen and oxygen atoms in total. The molecule has 1 saturated carbocycles. The second kappa shape index (κ2) is 7.21. The van der Waals surface area contributed by atoms with Crippen molar-refractivity contribution in [3.05, 3.63) is 15.6 Å². The first-order valence-electron chi connectivity index (χ1n) is 8.19. The predicted octanol–water partition coefficient (Wildman–Crippen LogP) is 4.04. The number of hydrogen-bond donors (Lipinski definition) is 1. The Morgan fingerprint density at radius 1 is 1.38 bits per heavy atom. The number of aromatic nitrogens is 1. The minimum atomic E-state index is 0.0502. The second-order valence-corrected chi connectivity index (χ2v) is 7.85. The Balaban J connectivity index is 2.36. The van der Waals surface area contributed by atoms with Crippen molar-refractivity contribution < 1.29 is 4.74 Å². The summed E-state index contributed by atoms with van der Waals surface area (Å²) in [7, 11) is 1.77. The number of hydrogen-bond acceptors (Lipinski definition) is 4. The summed E-state index contributed by atoms with van der Waals surface area (Å²) in [5, 5.41) is 5.15. The molecule has 2 rings (SSSR count). The van der Waals surface area contributed by atoms with Crippen molar-refractivity contribution in [1.82, 2.24) is 10.3 Å². The lowest BCUT2D eigenvalue weighted by molar-refractivity contribution is 0.0876. The third-order valence-electron chi connectivity index (χ3n) is 4.93. The molecule has 0 aliphatic heterocycles. The minimum Gasteiger partial charge on any atom is -0.383 e. The molecule has 1 aliphatic rings. The van der Waals surface area contributed by atoms with Gasteiger partial charge in [0.25, 0.3) is 0 Å². The molecule has 2 unspecified atom stereocenters. The molecule has 0 amide bonds. The highest BCUT2D eigenvalue weighted by Crippen LogP contribution is 2.46. The second-order valence-electron chi connectivity index (χ2n) is 6.65. The van der Waals surface area contributed by atoms with Crippen molar-refractivity contribution in [3.63, 3.8) is 0 Å². The molecule has 1 heterocycles. The largest absolute Gasteiger partial charge is 0.383 e. The SMILES string of the molecule is COCCNC1(c2nc(C)c(C)s2)CCCCC1C(C)C. The summed E-state index contributed by atoms with van der Waals surface area (Å²) in [6, 6.07) is 0. The van der Waals surface area contributed by atoms with Crippen LogP contribution in [0.25, 0.3) is 0 Å². The Hall–Kier alpha value is -0.450. The van der Waals surface area contributed by atoms with Crippen LogP contribution in [0.4, 0.5) is 0 Å². The van der Waals surface area contributed by atoms with Gasteiger partial charge in [-0.25, -0.2) is 4.98 Å². The van der Waals surface area contributed by atoms with Gasteiger partial charge in [0.15, 0.2) is 0 Å². The molecular formula is C17H30N2OS. The average molecular weight is 311 g/mol. The van der Waals surface area contributed by atoms with E-state index in [2.05, 4.69) is 33.0 Å². The lowest BCUT2D eigenvalue weighted by atomic mass is 9.68. The van der Waals surface area contributed by atoms with E-state index in [1.165, 1.54) is 41.3 Å². The maximum Gasteiger partial charge on any atom is 0.114 e. The van der Waals surface area contributed by atoms with E-state index in [1.807, 2.05) is 11.3 Å². The molecule has 4 heteroatoms. The first-order chi connectivity index (χ1) is 10.0. The van der Waals surface area contributed by atoms with E-state index in [0.717, 1.165) is 13.2 Å². The maximum atomic E-state index is 5.26. The van der Waals surface area contributed by atoms with Crippen molar-refractivity contribution in [2.45, 2.75) is 58.9 Å². The molecule has 1 fully saturated rings. The molecule has 0 radical (unpaired) electrons. The zero-order valence-corrected chi connectivity index (χ0v) is 15.0. The van der Waals surface area contributed by atoms with E-state index < -0.39 is 0 Å². The van der Waals surface area contributed by atoms with E-state index in [9.17, 15) is 0 Å². The van der Waals surface area contributed by atoms with Crippen LogP contribution in [0.15, 0.2) is 0 Å². The Morgan fingerprint density at radius 2 is 2.14 bits per heavy atom. The smallest absolute Gasteiger partial charge is 0.114 e. The van der Waals surface area contributed by atoms with E-state index in [4.69, 9.17) is 9.72 Å². The van der Waals surface area contributed by atoms with Gasteiger partial charge in [-0.3, -0.25) is 0 Å². The predicted molar refractivity (Wildman–Crippen MR) is 89.9 cm³/mol. The highest BCUT2D eigenvalue weighted by Gasteiger charge is 2.45. The van der Waals surface area contributed by atoms with Gasteiger partial charge in [0, 0.05) is 18.5 Å². The first kappa shape index (κ1) is 16.9. The van der Waals surface area contributed by atoms with E-state index in [-0.39, 0.29) is 5.54 Å². The number of thiazole rings is 1. The van der Waals surface area contributed by atoms with Gasteiger partial charge in [0.05, 0.1) is 17.8 Å². The van der Waals surface area contributed by atoms with Gasteiger partial charge in [-0.1, -0.05) is 26.7 Å². The number of rotatable bonds is 6. The van der Waals surface area contributed by atoms with Crippen molar-refractivity contribution >= 4 is 11.3 Å². The quantitative estimate of drug-likeness (QED) is 0.805. The molecule has 1 N–H and O–H groups in total. The summed E-state index contributed by atoms with van der Waals surface area (Å²) in [4.78, 5) is 6.29. The van der Waals surface area contributed by atoms with Gasteiger partial charge in [-0.2, -0.15) is 0 Å². The van der Waals surface area contributed by atoms with Gasteiger partial charge < -0.3 is 10.1 Å². The highest BCUT2D eigenvalue weighted by atomic mass is 32.1. The van der Waals surface area contributed by atoms with E-state index in [1.54, 1.807) is 7.11 Å². The molecule has 0 bridgehead atoms. The van der Waals surface area contributed by atoms with Crippen LogP contribution < -0.4 is 5.32 Å². The number of nitrogens with one attached hydrogen (secondary N) is 1. The van der Waals surface area contributed by atoms with Crippen LogP contribution in [0.1, 0.15) is 55.1 Å². The van der Waals surface area contributed by atoms with Crippen LogP contribution in [0, 0.1) is 25.7 Å². The fourth-order valence-corrected chi connectivity index (χ4v) is 4.88. The fraction of sp³-hybridized carbons (Fsp3) is 0.824. The lowest BCUT2D eigenvalue weighted by Crippen LogP contribution is -2.52. The highest BCUT2D eigenvalue weighted by molar-refractivity contribution is 7.11. The van der Waals surface area contributed by atoms with Crippen LogP contribution in [0.2, 0.25) is 0 Å². The molecule has 0 spiro atoms. The summed E-state index contributed by atoms with van der Waals surface area (Å²) < 4.78 is 5.26. The van der Waals surface area contributed by atoms with Gasteiger partial charge in [0.2, 0.25) is 0 Å². The van der Waals surface area contributed by atoms with Crippen LogP contribution in [-0.2, 0) is 10.3 Å².